The summed E-state index contributed by atoms with van der Waals surface area (Å²) in [6.07, 6.45) is 4.01. The first-order chi connectivity index (χ1) is 9.72. The van der Waals surface area contributed by atoms with Crippen LogP contribution in [0.1, 0.15) is 40.3 Å². The molecule has 2 N–H and O–H groups in total. The highest BCUT2D eigenvalue weighted by molar-refractivity contribution is 7.11. The van der Waals surface area contributed by atoms with Gasteiger partial charge in [-0.25, -0.2) is 4.98 Å². The first kappa shape index (κ1) is 14.0. The number of nitrogens with zero attached hydrogens (tertiary/aromatic N) is 1. The van der Waals surface area contributed by atoms with Crippen LogP contribution >= 0.6 is 22.9 Å². The fraction of sp³-hybridized carbons (Fsp3) is 0.400. The van der Waals surface area contributed by atoms with Gasteiger partial charge in [0, 0.05) is 35.1 Å². The molecule has 1 aromatic carbocycles. The largest absolute Gasteiger partial charge is 0.387 e. The van der Waals surface area contributed by atoms with Gasteiger partial charge >= 0.3 is 0 Å². The number of aliphatic hydroxyl groups is 1. The fourth-order valence-corrected chi connectivity index (χ4v) is 3.24. The number of rotatable bonds is 6. The van der Waals surface area contributed by atoms with Crippen molar-refractivity contribution in [1.29, 1.82) is 0 Å². The molecule has 0 saturated heterocycles. The standard InChI is InChI=1S/C15H17ClN2OS/c16-12-5-3-10(4-6-12)14(19)9-17-7-13-8-18-15(20-13)11-1-2-11/h3-6,8,11,14,17,19H,1-2,7,9H2. The van der Waals surface area contributed by atoms with Gasteiger partial charge in [0.05, 0.1) is 11.1 Å². The zero-order chi connectivity index (χ0) is 13.9. The summed E-state index contributed by atoms with van der Waals surface area (Å²) in [5.41, 5.74) is 0.880. The molecule has 1 fully saturated rings. The van der Waals surface area contributed by atoms with Crippen LogP contribution in [-0.2, 0) is 6.54 Å². The van der Waals surface area contributed by atoms with E-state index in [0.29, 0.717) is 17.5 Å². The first-order valence-corrected chi connectivity index (χ1v) is 8.00. The lowest BCUT2D eigenvalue weighted by molar-refractivity contribution is 0.174. The predicted octanol–water partition coefficient (Wildman–Crippen LogP) is 3.50. The normalized spacial score (nSPS) is 16.3. The third-order valence-corrected chi connectivity index (χ3v) is 4.80. The maximum Gasteiger partial charge on any atom is 0.0959 e. The molecule has 1 aliphatic rings. The number of hydrogen-bond donors (Lipinski definition) is 2. The Morgan fingerprint density at radius 3 is 2.80 bits per heavy atom. The van der Waals surface area contributed by atoms with E-state index >= 15 is 0 Å². The molecular weight excluding hydrogens is 292 g/mol. The van der Waals surface area contributed by atoms with Gasteiger partial charge in [0.25, 0.3) is 0 Å². The van der Waals surface area contributed by atoms with Crippen molar-refractivity contribution in [3.8, 4) is 0 Å². The van der Waals surface area contributed by atoms with Crippen LogP contribution in [0.15, 0.2) is 30.5 Å². The van der Waals surface area contributed by atoms with Gasteiger partial charge in [-0.05, 0) is 30.5 Å². The van der Waals surface area contributed by atoms with Crippen LogP contribution in [-0.4, -0.2) is 16.6 Å². The van der Waals surface area contributed by atoms with E-state index in [1.807, 2.05) is 18.3 Å². The van der Waals surface area contributed by atoms with E-state index < -0.39 is 6.10 Å². The zero-order valence-electron chi connectivity index (χ0n) is 11.1. The van der Waals surface area contributed by atoms with Crippen molar-refractivity contribution in [3.05, 3.63) is 50.9 Å². The summed E-state index contributed by atoms with van der Waals surface area (Å²) >= 11 is 7.61. The lowest BCUT2D eigenvalue weighted by Crippen LogP contribution is -2.20. The third-order valence-electron chi connectivity index (χ3n) is 3.39. The van der Waals surface area contributed by atoms with Crippen molar-refractivity contribution in [2.75, 3.05) is 6.54 Å². The minimum Gasteiger partial charge on any atom is -0.387 e. The van der Waals surface area contributed by atoms with Crippen LogP contribution in [0.5, 0.6) is 0 Å². The van der Waals surface area contributed by atoms with Crippen molar-refractivity contribution in [2.45, 2.75) is 31.4 Å². The molecule has 3 rings (SSSR count). The maximum atomic E-state index is 10.1. The Morgan fingerprint density at radius 2 is 2.10 bits per heavy atom. The van der Waals surface area contributed by atoms with Gasteiger partial charge in [0.1, 0.15) is 0 Å². The second-order valence-electron chi connectivity index (χ2n) is 5.14. The number of thiazole rings is 1. The molecule has 0 amide bonds. The Balaban J connectivity index is 1.47. The quantitative estimate of drug-likeness (QED) is 0.858. The molecule has 2 aromatic rings. The number of aromatic nitrogens is 1. The molecule has 1 aromatic heterocycles. The summed E-state index contributed by atoms with van der Waals surface area (Å²) in [5, 5.41) is 15.3. The highest BCUT2D eigenvalue weighted by atomic mass is 35.5. The molecule has 0 radical (unpaired) electrons. The molecule has 0 aliphatic heterocycles. The van der Waals surface area contributed by atoms with Crippen LogP contribution in [0.2, 0.25) is 5.02 Å². The molecule has 1 unspecified atom stereocenters. The number of halogens is 1. The topological polar surface area (TPSA) is 45.1 Å². The summed E-state index contributed by atoms with van der Waals surface area (Å²) in [7, 11) is 0. The third kappa shape index (κ3) is 3.58. The summed E-state index contributed by atoms with van der Waals surface area (Å²) in [5.74, 6) is 0.716. The van der Waals surface area contributed by atoms with Crippen LogP contribution < -0.4 is 5.32 Å². The van der Waals surface area contributed by atoms with E-state index in [0.717, 1.165) is 12.1 Å². The summed E-state index contributed by atoms with van der Waals surface area (Å²) < 4.78 is 0. The van der Waals surface area contributed by atoms with E-state index in [-0.39, 0.29) is 0 Å². The van der Waals surface area contributed by atoms with Gasteiger partial charge in [-0.15, -0.1) is 11.3 Å². The second kappa shape index (κ2) is 6.22. The number of aliphatic hydroxyl groups excluding tert-OH is 1. The molecule has 3 nitrogen and oxygen atoms in total. The predicted molar refractivity (Wildman–Crippen MR) is 82.2 cm³/mol. The molecule has 1 aliphatic carbocycles. The molecule has 0 bridgehead atoms. The van der Waals surface area contributed by atoms with Crippen molar-refractivity contribution < 1.29 is 5.11 Å². The maximum absolute atomic E-state index is 10.1. The minimum absolute atomic E-state index is 0.511. The van der Waals surface area contributed by atoms with E-state index in [4.69, 9.17) is 11.6 Å². The Hall–Kier alpha value is -0.940. The van der Waals surface area contributed by atoms with Crippen molar-refractivity contribution in [2.24, 2.45) is 0 Å². The van der Waals surface area contributed by atoms with Crippen LogP contribution in [0.4, 0.5) is 0 Å². The Kier molecular flexibility index (Phi) is 4.36. The molecule has 5 heteroatoms. The van der Waals surface area contributed by atoms with Crippen molar-refractivity contribution in [3.63, 3.8) is 0 Å². The molecule has 0 spiro atoms. The Labute approximate surface area is 127 Å². The monoisotopic (exact) mass is 308 g/mol. The number of nitrogens with one attached hydrogen (secondary N) is 1. The Bertz CT molecular complexity index is 566. The minimum atomic E-state index is -0.511. The SMILES string of the molecule is OC(CNCc1cnc(C2CC2)s1)c1ccc(Cl)cc1. The lowest BCUT2D eigenvalue weighted by Gasteiger charge is -2.11. The van der Waals surface area contributed by atoms with E-state index in [2.05, 4.69) is 10.3 Å². The highest BCUT2D eigenvalue weighted by Gasteiger charge is 2.26. The summed E-state index contributed by atoms with van der Waals surface area (Å²) in [4.78, 5) is 5.68. The molecule has 1 heterocycles. The summed E-state index contributed by atoms with van der Waals surface area (Å²) in [6.45, 7) is 1.29. The van der Waals surface area contributed by atoms with Gasteiger partial charge in [-0.2, -0.15) is 0 Å². The van der Waals surface area contributed by atoms with E-state index in [1.54, 1.807) is 23.5 Å². The zero-order valence-corrected chi connectivity index (χ0v) is 12.6. The highest BCUT2D eigenvalue weighted by Crippen LogP contribution is 2.41. The average molecular weight is 309 g/mol. The molecule has 1 atom stereocenters. The van der Waals surface area contributed by atoms with Crippen LogP contribution in [0.3, 0.4) is 0 Å². The first-order valence-electron chi connectivity index (χ1n) is 6.81. The molecule has 1 saturated carbocycles. The lowest BCUT2D eigenvalue weighted by atomic mass is 10.1. The van der Waals surface area contributed by atoms with E-state index in [1.165, 1.54) is 22.7 Å². The van der Waals surface area contributed by atoms with Gasteiger partial charge in [0.15, 0.2) is 0 Å². The molecular formula is C15H17ClN2OS. The van der Waals surface area contributed by atoms with Gasteiger partial charge in [-0.1, -0.05) is 23.7 Å². The number of hydrogen-bond acceptors (Lipinski definition) is 4. The fourth-order valence-electron chi connectivity index (χ4n) is 2.06. The number of benzene rings is 1. The average Bonchev–Trinajstić information content (AvgIpc) is 3.20. The van der Waals surface area contributed by atoms with Gasteiger partial charge < -0.3 is 10.4 Å². The smallest absolute Gasteiger partial charge is 0.0959 e. The summed E-state index contributed by atoms with van der Waals surface area (Å²) in [6, 6.07) is 7.30. The molecule has 106 valence electrons. The molecule has 20 heavy (non-hydrogen) atoms. The van der Waals surface area contributed by atoms with Crippen molar-refractivity contribution >= 4 is 22.9 Å². The van der Waals surface area contributed by atoms with Gasteiger partial charge in [0.2, 0.25) is 0 Å². The van der Waals surface area contributed by atoms with Gasteiger partial charge in [-0.3, -0.25) is 0 Å². The van der Waals surface area contributed by atoms with Crippen LogP contribution in [0, 0.1) is 0 Å². The Morgan fingerprint density at radius 1 is 1.35 bits per heavy atom. The van der Waals surface area contributed by atoms with E-state index in [9.17, 15) is 5.11 Å². The van der Waals surface area contributed by atoms with Crippen LogP contribution in [0.25, 0.3) is 0 Å². The second-order valence-corrected chi connectivity index (χ2v) is 6.72. The van der Waals surface area contributed by atoms with Crippen molar-refractivity contribution in [1.82, 2.24) is 10.3 Å².